The number of hydrogen-bond donors (Lipinski definition) is 0. The Labute approximate surface area is 77.7 Å². The van der Waals surface area contributed by atoms with Crippen molar-refractivity contribution >= 4 is 5.91 Å². The van der Waals surface area contributed by atoms with Crippen LogP contribution in [0.2, 0.25) is 0 Å². The smallest absolute Gasteiger partial charge is 0.229 e. The molecule has 0 amide bonds. The van der Waals surface area contributed by atoms with Gasteiger partial charge in [-0.2, -0.15) is 0 Å². The van der Waals surface area contributed by atoms with Gasteiger partial charge in [-0.3, -0.25) is 14.4 Å². The first kappa shape index (κ1) is 9.71. The van der Waals surface area contributed by atoms with Crippen molar-refractivity contribution in [2.75, 3.05) is 6.54 Å². The fraction of sp³-hybridized carbons (Fsp3) is 0.400. The van der Waals surface area contributed by atoms with Crippen molar-refractivity contribution in [3.8, 4) is 0 Å². The molecule has 0 aromatic carbocycles. The predicted octanol–water partition coefficient (Wildman–Crippen LogP) is 1.38. The molecular formula is C10H14N2O. The minimum atomic E-state index is -0.00380. The molecule has 1 aromatic rings. The summed E-state index contributed by atoms with van der Waals surface area (Å²) in [4.78, 5) is 15.5. The monoisotopic (exact) mass is 178 g/mol. The SMILES string of the molecule is CCN=c1c(C)cccn1C(C)=O. The lowest BCUT2D eigenvalue weighted by Gasteiger charge is -2.03. The van der Waals surface area contributed by atoms with Gasteiger partial charge in [-0.05, 0) is 25.5 Å². The second-order valence-electron chi connectivity index (χ2n) is 2.88. The molecule has 0 aliphatic heterocycles. The van der Waals surface area contributed by atoms with E-state index in [1.807, 2.05) is 26.0 Å². The van der Waals surface area contributed by atoms with Crippen LogP contribution in [0.3, 0.4) is 0 Å². The molecule has 0 atom stereocenters. The van der Waals surface area contributed by atoms with Crippen molar-refractivity contribution in [3.05, 3.63) is 29.4 Å². The van der Waals surface area contributed by atoms with E-state index in [2.05, 4.69) is 4.99 Å². The zero-order valence-electron chi connectivity index (χ0n) is 8.24. The summed E-state index contributed by atoms with van der Waals surface area (Å²) in [5, 5.41) is 0. The third-order valence-corrected chi connectivity index (χ3v) is 1.81. The Hall–Kier alpha value is -1.38. The standard InChI is InChI=1S/C10H14N2O/c1-4-11-10-8(2)6-5-7-12(10)9(3)13/h5-7H,4H2,1-3H3. The molecule has 0 aliphatic carbocycles. The Bertz CT molecular complexity index is 377. The predicted molar refractivity (Wildman–Crippen MR) is 51.6 cm³/mol. The van der Waals surface area contributed by atoms with Crippen molar-refractivity contribution in [1.82, 2.24) is 4.57 Å². The average molecular weight is 178 g/mol. The van der Waals surface area contributed by atoms with E-state index in [9.17, 15) is 4.79 Å². The quantitative estimate of drug-likeness (QED) is 0.639. The molecule has 1 aromatic heterocycles. The summed E-state index contributed by atoms with van der Waals surface area (Å²) in [6.07, 6.45) is 1.74. The molecule has 0 unspecified atom stereocenters. The number of aryl methyl sites for hydroxylation is 1. The summed E-state index contributed by atoms with van der Waals surface area (Å²) in [6, 6.07) is 3.80. The summed E-state index contributed by atoms with van der Waals surface area (Å²) in [6.45, 7) is 6.14. The van der Waals surface area contributed by atoms with Gasteiger partial charge in [-0.1, -0.05) is 6.07 Å². The fourth-order valence-electron chi connectivity index (χ4n) is 1.21. The largest absolute Gasteiger partial charge is 0.274 e. The van der Waals surface area contributed by atoms with Crippen molar-refractivity contribution in [2.45, 2.75) is 20.8 Å². The first-order valence-corrected chi connectivity index (χ1v) is 4.36. The Morgan fingerprint density at radius 3 is 2.85 bits per heavy atom. The number of aromatic nitrogens is 1. The third-order valence-electron chi connectivity index (χ3n) is 1.81. The lowest BCUT2D eigenvalue weighted by Crippen LogP contribution is -2.27. The van der Waals surface area contributed by atoms with Gasteiger partial charge in [0.1, 0.15) is 5.49 Å². The molecule has 0 radical (unpaired) electrons. The van der Waals surface area contributed by atoms with Gasteiger partial charge in [-0.25, -0.2) is 0 Å². The molecule has 3 heteroatoms. The zero-order valence-corrected chi connectivity index (χ0v) is 8.24. The van der Waals surface area contributed by atoms with Crippen LogP contribution in [0.25, 0.3) is 0 Å². The van der Waals surface area contributed by atoms with Crippen LogP contribution in [-0.2, 0) is 0 Å². The molecule has 1 heterocycles. The van der Waals surface area contributed by atoms with Crippen LogP contribution >= 0.6 is 0 Å². The van der Waals surface area contributed by atoms with Crippen LogP contribution in [0.4, 0.5) is 0 Å². The maximum absolute atomic E-state index is 11.2. The summed E-state index contributed by atoms with van der Waals surface area (Å²) in [5.41, 5.74) is 1.79. The molecule has 13 heavy (non-hydrogen) atoms. The van der Waals surface area contributed by atoms with Crippen molar-refractivity contribution in [3.63, 3.8) is 0 Å². The van der Waals surface area contributed by atoms with Crippen LogP contribution in [0.5, 0.6) is 0 Å². The first-order chi connectivity index (χ1) is 6.16. The second kappa shape index (κ2) is 4.03. The molecule has 0 N–H and O–H groups in total. The summed E-state index contributed by atoms with van der Waals surface area (Å²) >= 11 is 0. The van der Waals surface area contributed by atoms with E-state index in [0.717, 1.165) is 11.1 Å². The summed E-state index contributed by atoms with van der Waals surface area (Å²) in [5.74, 6) is -0.00380. The van der Waals surface area contributed by atoms with Crippen molar-refractivity contribution in [2.24, 2.45) is 4.99 Å². The molecule has 3 nitrogen and oxygen atoms in total. The summed E-state index contributed by atoms with van der Waals surface area (Å²) < 4.78 is 1.57. The van der Waals surface area contributed by atoms with E-state index >= 15 is 0 Å². The van der Waals surface area contributed by atoms with Crippen LogP contribution < -0.4 is 5.49 Å². The maximum atomic E-state index is 11.2. The van der Waals surface area contributed by atoms with Crippen molar-refractivity contribution in [1.29, 1.82) is 0 Å². The molecule has 0 bridgehead atoms. The molecule has 0 saturated heterocycles. The van der Waals surface area contributed by atoms with E-state index in [0.29, 0.717) is 6.54 Å². The van der Waals surface area contributed by atoms with Gasteiger partial charge in [-0.15, -0.1) is 0 Å². The molecular weight excluding hydrogens is 164 g/mol. The highest BCUT2D eigenvalue weighted by Crippen LogP contribution is 1.89. The fourth-order valence-corrected chi connectivity index (χ4v) is 1.21. The van der Waals surface area contributed by atoms with Crippen LogP contribution in [0.15, 0.2) is 23.3 Å². The lowest BCUT2D eigenvalue weighted by molar-refractivity contribution is 0.0931. The first-order valence-electron chi connectivity index (χ1n) is 4.36. The molecule has 0 aliphatic rings. The molecule has 0 fully saturated rings. The highest BCUT2D eigenvalue weighted by molar-refractivity contribution is 5.75. The average Bonchev–Trinajstić information content (AvgIpc) is 2.08. The number of rotatable bonds is 1. The minimum absolute atomic E-state index is 0.00380. The Morgan fingerprint density at radius 1 is 1.62 bits per heavy atom. The number of carbonyl (C=O) groups is 1. The molecule has 0 spiro atoms. The van der Waals surface area contributed by atoms with Gasteiger partial charge in [0.15, 0.2) is 0 Å². The topological polar surface area (TPSA) is 34.4 Å². The van der Waals surface area contributed by atoms with Gasteiger partial charge in [0, 0.05) is 19.7 Å². The van der Waals surface area contributed by atoms with Gasteiger partial charge in [0.25, 0.3) is 0 Å². The number of nitrogens with zero attached hydrogens (tertiary/aromatic N) is 2. The Kier molecular flexibility index (Phi) is 3.01. The highest BCUT2D eigenvalue weighted by atomic mass is 16.1. The molecule has 0 saturated carbocycles. The van der Waals surface area contributed by atoms with Crippen molar-refractivity contribution < 1.29 is 4.79 Å². The van der Waals surface area contributed by atoms with E-state index in [-0.39, 0.29) is 5.91 Å². The van der Waals surface area contributed by atoms with Crippen LogP contribution in [-0.4, -0.2) is 17.0 Å². The van der Waals surface area contributed by atoms with E-state index < -0.39 is 0 Å². The van der Waals surface area contributed by atoms with Gasteiger partial charge in [0.2, 0.25) is 5.91 Å². The van der Waals surface area contributed by atoms with Gasteiger partial charge >= 0.3 is 0 Å². The highest BCUT2D eigenvalue weighted by Gasteiger charge is 1.99. The van der Waals surface area contributed by atoms with E-state index in [1.54, 1.807) is 10.8 Å². The number of pyridine rings is 1. The number of carbonyl (C=O) groups excluding carboxylic acids is 1. The van der Waals surface area contributed by atoms with Gasteiger partial charge in [0.05, 0.1) is 0 Å². The Balaban J connectivity index is 3.43. The van der Waals surface area contributed by atoms with E-state index in [4.69, 9.17) is 0 Å². The normalized spacial score (nSPS) is 11.8. The zero-order chi connectivity index (χ0) is 9.84. The lowest BCUT2D eigenvalue weighted by atomic mass is 10.3. The van der Waals surface area contributed by atoms with Crippen LogP contribution in [0, 0.1) is 6.92 Å². The third kappa shape index (κ3) is 2.05. The molecule has 70 valence electrons. The minimum Gasteiger partial charge on any atom is -0.274 e. The van der Waals surface area contributed by atoms with Crippen LogP contribution in [0.1, 0.15) is 24.2 Å². The second-order valence-corrected chi connectivity index (χ2v) is 2.88. The van der Waals surface area contributed by atoms with E-state index in [1.165, 1.54) is 6.92 Å². The maximum Gasteiger partial charge on any atom is 0.229 e. The Morgan fingerprint density at radius 2 is 2.31 bits per heavy atom. The van der Waals surface area contributed by atoms with Gasteiger partial charge < -0.3 is 0 Å². The molecule has 1 rings (SSSR count). The summed E-state index contributed by atoms with van der Waals surface area (Å²) in [7, 11) is 0. The number of hydrogen-bond acceptors (Lipinski definition) is 2.